The van der Waals surface area contributed by atoms with Crippen LogP contribution in [-0.4, -0.2) is 6.29 Å². The molecule has 0 saturated carbocycles. The summed E-state index contributed by atoms with van der Waals surface area (Å²) in [7, 11) is 0. The van der Waals surface area contributed by atoms with E-state index in [1.807, 2.05) is 44.2 Å². The van der Waals surface area contributed by atoms with E-state index < -0.39 is 0 Å². The predicted molar refractivity (Wildman–Crippen MR) is 55.5 cm³/mol. The maximum atomic E-state index is 10.6. The third-order valence-electron chi connectivity index (χ3n) is 2.09. The highest BCUT2D eigenvalue weighted by Gasteiger charge is 1.95. The number of carbonyl (C=O) groups is 1. The number of aldehydes is 1. The normalized spacial score (nSPS) is 11.4. The van der Waals surface area contributed by atoms with E-state index in [9.17, 15) is 4.79 Å². The number of hydrogen-bond acceptors (Lipinski definition) is 1. The Morgan fingerprint density at radius 1 is 1.38 bits per heavy atom. The van der Waals surface area contributed by atoms with Gasteiger partial charge in [0, 0.05) is 0 Å². The van der Waals surface area contributed by atoms with Crippen molar-refractivity contribution in [2.24, 2.45) is 0 Å². The maximum Gasteiger partial charge on any atom is 0.146 e. The van der Waals surface area contributed by atoms with E-state index in [0.29, 0.717) is 0 Å². The van der Waals surface area contributed by atoms with Gasteiger partial charge in [-0.25, -0.2) is 0 Å². The minimum Gasteiger partial charge on any atom is -0.298 e. The Balaban J connectivity index is 3.02. The first-order valence-corrected chi connectivity index (χ1v) is 4.49. The smallest absolute Gasteiger partial charge is 0.146 e. The molecule has 68 valence electrons. The Kier molecular flexibility index (Phi) is 3.44. The second-order valence-corrected chi connectivity index (χ2v) is 3.05. The van der Waals surface area contributed by atoms with Gasteiger partial charge in [0.2, 0.25) is 0 Å². The molecule has 0 N–H and O–H groups in total. The molecule has 1 aromatic carbocycles. The standard InChI is InChI=1S/C12H14O/c1-3-11(9-13)8-12-7-5-4-6-10(12)2/h4-9H,3H2,1-2H3/b11-8-. The highest BCUT2D eigenvalue weighted by atomic mass is 16.1. The first-order chi connectivity index (χ1) is 6.27. The monoisotopic (exact) mass is 174 g/mol. The van der Waals surface area contributed by atoms with Crippen LogP contribution in [0.1, 0.15) is 24.5 Å². The third-order valence-corrected chi connectivity index (χ3v) is 2.09. The molecule has 1 heteroatoms. The summed E-state index contributed by atoms with van der Waals surface area (Å²) in [6.45, 7) is 4.03. The number of rotatable bonds is 3. The molecule has 1 rings (SSSR count). The molecular formula is C12H14O. The lowest BCUT2D eigenvalue weighted by Gasteiger charge is -2.00. The fraction of sp³-hybridized carbons (Fsp3) is 0.250. The van der Waals surface area contributed by atoms with Gasteiger partial charge in [-0.15, -0.1) is 0 Å². The number of aryl methyl sites for hydroxylation is 1. The van der Waals surface area contributed by atoms with E-state index in [0.717, 1.165) is 23.8 Å². The molecule has 13 heavy (non-hydrogen) atoms. The Labute approximate surface area is 79.1 Å². The molecule has 0 radical (unpaired) electrons. The van der Waals surface area contributed by atoms with Crippen LogP contribution in [0.4, 0.5) is 0 Å². The maximum absolute atomic E-state index is 10.6. The zero-order chi connectivity index (χ0) is 9.68. The molecule has 0 saturated heterocycles. The van der Waals surface area contributed by atoms with Crippen molar-refractivity contribution in [3.63, 3.8) is 0 Å². The van der Waals surface area contributed by atoms with Gasteiger partial charge in [-0.3, -0.25) is 4.79 Å². The van der Waals surface area contributed by atoms with E-state index in [1.165, 1.54) is 5.56 Å². The van der Waals surface area contributed by atoms with E-state index in [4.69, 9.17) is 0 Å². The molecule has 0 aliphatic carbocycles. The average molecular weight is 174 g/mol. The van der Waals surface area contributed by atoms with Gasteiger partial charge in [-0.1, -0.05) is 31.2 Å². The van der Waals surface area contributed by atoms with Crippen molar-refractivity contribution < 1.29 is 4.79 Å². The molecule has 0 aliphatic heterocycles. The van der Waals surface area contributed by atoms with Gasteiger partial charge in [0.05, 0.1) is 0 Å². The highest BCUT2D eigenvalue weighted by Crippen LogP contribution is 2.12. The minimum absolute atomic E-state index is 0.790. The molecule has 1 aromatic rings. The number of hydrogen-bond donors (Lipinski definition) is 0. The second kappa shape index (κ2) is 4.61. The summed E-state index contributed by atoms with van der Waals surface area (Å²) >= 11 is 0. The first kappa shape index (κ1) is 9.72. The van der Waals surface area contributed by atoms with Crippen molar-refractivity contribution in [1.82, 2.24) is 0 Å². The van der Waals surface area contributed by atoms with Crippen molar-refractivity contribution >= 4 is 12.4 Å². The minimum atomic E-state index is 0.790. The SMILES string of the molecule is CC/C(C=O)=C/c1ccccc1C. The predicted octanol–water partition coefficient (Wildman–Crippen LogP) is 2.99. The number of benzene rings is 1. The van der Waals surface area contributed by atoms with Crippen molar-refractivity contribution in [3.05, 3.63) is 41.0 Å². The summed E-state index contributed by atoms with van der Waals surface area (Å²) in [5, 5.41) is 0. The van der Waals surface area contributed by atoms with Crippen molar-refractivity contribution in [2.75, 3.05) is 0 Å². The molecule has 0 spiro atoms. The van der Waals surface area contributed by atoms with Crippen LogP contribution in [0, 0.1) is 6.92 Å². The molecule has 0 heterocycles. The van der Waals surface area contributed by atoms with Crippen LogP contribution in [0.5, 0.6) is 0 Å². The lowest BCUT2D eigenvalue weighted by atomic mass is 10.1. The Bertz CT molecular complexity index is 324. The molecular weight excluding hydrogens is 160 g/mol. The summed E-state index contributed by atoms with van der Waals surface area (Å²) in [5.41, 5.74) is 3.18. The molecule has 0 fully saturated rings. The van der Waals surface area contributed by atoms with Gasteiger partial charge >= 0.3 is 0 Å². The molecule has 0 aromatic heterocycles. The number of allylic oxidation sites excluding steroid dienone is 1. The fourth-order valence-corrected chi connectivity index (χ4v) is 1.17. The lowest BCUT2D eigenvalue weighted by Crippen LogP contribution is -1.84. The quantitative estimate of drug-likeness (QED) is 0.508. The van der Waals surface area contributed by atoms with Gasteiger partial charge in [0.25, 0.3) is 0 Å². The fourth-order valence-electron chi connectivity index (χ4n) is 1.17. The summed E-state index contributed by atoms with van der Waals surface area (Å²) in [6, 6.07) is 8.05. The Morgan fingerprint density at radius 3 is 2.62 bits per heavy atom. The first-order valence-electron chi connectivity index (χ1n) is 4.49. The summed E-state index contributed by atoms with van der Waals surface area (Å²) in [5.74, 6) is 0. The Morgan fingerprint density at radius 2 is 2.08 bits per heavy atom. The van der Waals surface area contributed by atoms with Crippen LogP contribution in [0.3, 0.4) is 0 Å². The van der Waals surface area contributed by atoms with Crippen molar-refractivity contribution in [3.8, 4) is 0 Å². The highest BCUT2D eigenvalue weighted by molar-refractivity contribution is 5.81. The zero-order valence-electron chi connectivity index (χ0n) is 8.08. The van der Waals surface area contributed by atoms with E-state index >= 15 is 0 Å². The lowest BCUT2D eigenvalue weighted by molar-refractivity contribution is -0.104. The molecule has 0 bridgehead atoms. The molecule has 0 amide bonds. The molecule has 1 nitrogen and oxygen atoms in total. The van der Waals surface area contributed by atoms with E-state index in [1.54, 1.807) is 0 Å². The molecule has 0 unspecified atom stereocenters. The van der Waals surface area contributed by atoms with Gasteiger partial charge in [0.15, 0.2) is 0 Å². The Hall–Kier alpha value is -1.37. The van der Waals surface area contributed by atoms with E-state index in [-0.39, 0.29) is 0 Å². The van der Waals surface area contributed by atoms with Crippen molar-refractivity contribution in [2.45, 2.75) is 20.3 Å². The molecule has 0 atom stereocenters. The summed E-state index contributed by atoms with van der Waals surface area (Å²) < 4.78 is 0. The summed E-state index contributed by atoms with van der Waals surface area (Å²) in [6.07, 6.45) is 3.66. The van der Waals surface area contributed by atoms with Crippen LogP contribution in [0.25, 0.3) is 6.08 Å². The zero-order valence-corrected chi connectivity index (χ0v) is 8.08. The van der Waals surface area contributed by atoms with E-state index in [2.05, 4.69) is 0 Å². The topological polar surface area (TPSA) is 17.1 Å². The molecule has 0 aliphatic rings. The third kappa shape index (κ3) is 2.55. The van der Waals surface area contributed by atoms with Gasteiger partial charge < -0.3 is 0 Å². The second-order valence-electron chi connectivity index (χ2n) is 3.05. The van der Waals surface area contributed by atoms with Gasteiger partial charge in [-0.05, 0) is 36.1 Å². The van der Waals surface area contributed by atoms with Crippen LogP contribution in [0.2, 0.25) is 0 Å². The van der Waals surface area contributed by atoms with Crippen LogP contribution < -0.4 is 0 Å². The average Bonchev–Trinajstić information content (AvgIpc) is 2.17. The van der Waals surface area contributed by atoms with Crippen LogP contribution in [-0.2, 0) is 4.79 Å². The largest absolute Gasteiger partial charge is 0.298 e. The van der Waals surface area contributed by atoms with Gasteiger partial charge in [0.1, 0.15) is 6.29 Å². The summed E-state index contributed by atoms with van der Waals surface area (Å²) in [4.78, 5) is 10.6. The van der Waals surface area contributed by atoms with Gasteiger partial charge in [-0.2, -0.15) is 0 Å². The van der Waals surface area contributed by atoms with Crippen molar-refractivity contribution in [1.29, 1.82) is 0 Å². The van der Waals surface area contributed by atoms with Crippen LogP contribution in [0.15, 0.2) is 29.8 Å². The van der Waals surface area contributed by atoms with Crippen LogP contribution >= 0.6 is 0 Å². The number of carbonyl (C=O) groups excluding carboxylic acids is 1.